The first-order valence-electron chi connectivity index (χ1n) is 10.9. The molecule has 3 fully saturated rings. The minimum absolute atomic E-state index is 0.548. The van der Waals surface area contributed by atoms with E-state index in [2.05, 4.69) is 20.4 Å². The first kappa shape index (κ1) is 18.1. The molecule has 6 heteroatoms. The predicted molar refractivity (Wildman–Crippen MR) is 107 cm³/mol. The van der Waals surface area contributed by atoms with E-state index in [-0.39, 0.29) is 0 Å². The second-order valence-corrected chi connectivity index (χ2v) is 9.47. The molecule has 27 heavy (non-hydrogen) atoms. The van der Waals surface area contributed by atoms with Crippen molar-refractivity contribution in [3.8, 4) is 0 Å². The molecule has 0 spiro atoms. The quantitative estimate of drug-likeness (QED) is 0.851. The number of fused-ring (bicyclic) bond motifs is 2. The third kappa shape index (κ3) is 3.83. The second-order valence-electron chi connectivity index (χ2n) is 9.11. The van der Waals surface area contributed by atoms with E-state index in [1.165, 1.54) is 69.3 Å². The molecule has 2 aliphatic carbocycles. The van der Waals surface area contributed by atoms with E-state index in [1.54, 1.807) is 0 Å². The lowest BCUT2D eigenvalue weighted by Gasteiger charge is -2.28. The SMILES string of the molecule is Clc1nnc(NC2C[C@@H]3CN(CC4CCOCC4)C[C@@H]3C2)c2c1CCCC2. The summed E-state index contributed by atoms with van der Waals surface area (Å²) in [5, 5.41) is 13.0. The summed E-state index contributed by atoms with van der Waals surface area (Å²) in [5.41, 5.74) is 2.57. The van der Waals surface area contributed by atoms with Crippen LogP contribution in [0.1, 0.15) is 49.7 Å². The van der Waals surface area contributed by atoms with Gasteiger partial charge in [0, 0.05) is 44.5 Å². The molecule has 2 aliphatic heterocycles. The van der Waals surface area contributed by atoms with E-state index in [0.717, 1.165) is 49.6 Å². The fraction of sp³-hybridized carbons (Fsp3) is 0.810. The lowest BCUT2D eigenvalue weighted by molar-refractivity contribution is 0.0545. The van der Waals surface area contributed by atoms with Crippen LogP contribution in [0.2, 0.25) is 5.15 Å². The van der Waals surface area contributed by atoms with Gasteiger partial charge in [0.05, 0.1) is 0 Å². The van der Waals surface area contributed by atoms with Gasteiger partial charge >= 0.3 is 0 Å². The van der Waals surface area contributed by atoms with E-state index in [0.29, 0.717) is 11.2 Å². The van der Waals surface area contributed by atoms with Crippen molar-refractivity contribution in [2.75, 3.05) is 38.2 Å². The van der Waals surface area contributed by atoms with Gasteiger partial charge < -0.3 is 15.0 Å². The molecule has 4 aliphatic rings. The zero-order valence-electron chi connectivity index (χ0n) is 16.1. The summed E-state index contributed by atoms with van der Waals surface area (Å²) >= 11 is 6.29. The van der Waals surface area contributed by atoms with Crippen LogP contribution in [0, 0.1) is 17.8 Å². The number of ether oxygens (including phenoxy) is 1. The molecule has 2 saturated heterocycles. The van der Waals surface area contributed by atoms with Gasteiger partial charge in [-0.1, -0.05) is 11.6 Å². The Morgan fingerprint density at radius 2 is 1.70 bits per heavy atom. The van der Waals surface area contributed by atoms with Gasteiger partial charge in [-0.25, -0.2) is 0 Å². The number of halogens is 1. The highest BCUT2D eigenvalue weighted by atomic mass is 35.5. The minimum atomic E-state index is 0.548. The first-order chi connectivity index (χ1) is 13.3. The summed E-state index contributed by atoms with van der Waals surface area (Å²) in [6.45, 7) is 5.77. The van der Waals surface area contributed by atoms with Crippen LogP contribution < -0.4 is 5.32 Å². The average Bonchev–Trinajstić information content (AvgIpc) is 3.23. The topological polar surface area (TPSA) is 50.3 Å². The zero-order valence-corrected chi connectivity index (χ0v) is 16.9. The number of hydrogen-bond donors (Lipinski definition) is 1. The van der Waals surface area contributed by atoms with Crippen LogP contribution in [-0.4, -0.2) is 54.0 Å². The molecule has 1 unspecified atom stereocenters. The fourth-order valence-electron chi connectivity index (χ4n) is 5.88. The summed E-state index contributed by atoms with van der Waals surface area (Å²) in [5.74, 6) is 3.55. The molecular weight excluding hydrogens is 360 g/mol. The zero-order chi connectivity index (χ0) is 18.2. The van der Waals surface area contributed by atoms with Gasteiger partial charge in [0.25, 0.3) is 0 Å². The Kier molecular flexibility index (Phi) is 5.27. The molecule has 1 aromatic heterocycles. The number of likely N-dealkylation sites (tertiary alicyclic amines) is 1. The van der Waals surface area contributed by atoms with Crippen molar-refractivity contribution in [1.82, 2.24) is 15.1 Å². The van der Waals surface area contributed by atoms with Crippen LogP contribution in [0.15, 0.2) is 0 Å². The Hall–Kier alpha value is -0.910. The Labute approximate surface area is 167 Å². The molecule has 5 rings (SSSR count). The Bertz CT molecular complexity index is 664. The molecule has 1 N–H and O–H groups in total. The lowest BCUT2D eigenvalue weighted by atomic mass is 9.93. The smallest absolute Gasteiger partial charge is 0.155 e. The molecule has 148 valence electrons. The summed E-state index contributed by atoms with van der Waals surface area (Å²) in [4.78, 5) is 2.73. The van der Waals surface area contributed by atoms with E-state index < -0.39 is 0 Å². The molecule has 3 atom stereocenters. The maximum atomic E-state index is 6.29. The number of anilines is 1. The van der Waals surface area contributed by atoms with E-state index in [9.17, 15) is 0 Å². The molecule has 0 amide bonds. The highest BCUT2D eigenvalue weighted by molar-refractivity contribution is 6.30. The largest absolute Gasteiger partial charge is 0.381 e. The molecule has 3 heterocycles. The van der Waals surface area contributed by atoms with Crippen molar-refractivity contribution in [3.05, 3.63) is 16.3 Å². The van der Waals surface area contributed by atoms with Crippen LogP contribution in [0.4, 0.5) is 5.82 Å². The van der Waals surface area contributed by atoms with Crippen molar-refractivity contribution in [2.45, 2.75) is 57.4 Å². The molecule has 5 nitrogen and oxygen atoms in total. The third-order valence-corrected chi connectivity index (χ3v) is 7.57. The van der Waals surface area contributed by atoms with E-state index in [4.69, 9.17) is 16.3 Å². The highest BCUT2D eigenvalue weighted by Crippen LogP contribution is 2.40. The van der Waals surface area contributed by atoms with Crippen LogP contribution in [0.3, 0.4) is 0 Å². The monoisotopic (exact) mass is 390 g/mol. The minimum Gasteiger partial charge on any atom is -0.381 e. The van der Waals surface area contributed by atoms with Gasteiger partial charge in [-0.2, -0.15) is 0 Å². The van der Waals surface area contributed by atoms with Crippen molar-refractivity contribution < 1.29 is 4.74 Å². The highest BCUT2D eigenvalue weighted by Gasteiger charge is 2.41. The van der Waals surface area contributed by atoms with Crippen molar-refractivity contribution in [1.29, 1.82) is 0 Å². The maximum Gasteiger partial charge on any atom is 0.155 e. The van der Waals surface area contributed by atoms with Crippen LogP contribution in [0.5, 0.6) is 0 Å². The summed E-state index contributed by atoms with van der Waals surface area (Å²) in [6, 6.07) is 0.548. The number of rotatable bonds is 4. The maximum absolute atomic E-state index is 6.29. The second kappa shape index (κ2) is 7.84. The molecule has 1 saturated carbocycles. The Morgan fingerprint density at radius 3 is 2.44 bits per heavy atom. The number of hydrogen-bond acceptors (Lipinski definition) is 5. The van der Waals surface area contributed by atoms with Gasteiger partial charge in [0.2, 0.25) is 0 Å². The standard InChI is InChI=1S/C21H31ClN4O/c22-20-18-3-1-2-4-19(18)21(25-24-20)23-17-9-15-12-26(13-16(15)10-17)11-14-5-7-27-8-6-14/h14-17H,1-13H2,(H,23,25)/t15-,16+,17?. The molecular formula is C21H31ClN4O. The van der Waals surface area contributed by atoms with Gasteiger partial charge in [0.1, 0.15) is 0 Å². The number of nitrogens with one attached hydrogen (secondary N) is 1. The first-order valence-corrected chi connectivity index (χ1v) is 11.2. The van der Waals surface area contributed by atoms with E-state index >= 15 is 0 Å². The summed E-state index contributed by atoms with van der Waals surface area (Å²) < 4.78 is 5.51. The molecule has 0 radical (unpaired) electrons. The van der Waals surface area contributed by atoms with Gasteiger partial charge in [-0.15, -0.1) is 10.2 Å². The lowest BCUT2D eigenvalue weighted by Crippen LogP contribution is -2.32. The summed E-state index contributed by atoms with van der Waals surface area (Å²) in [6.07, 6.45) is 9.63. The molecule has 0 bridgehead atoms. The number of nitrogens with zero attached hydrogens (tertiary/aromatic N) is 3. The Morgan fingerprint density at radius 1 is 1.00 bits per heavy atom. The van der Waals surface area contributed by atoms with Crippen LogP contribution >= 0.6 is 11.6 Å². The predicted octanol–water partition coefficient (Wildman–Crippen LogP) is 3.56. The fourth-order valence-corrected chi connectivity index (χ4v) is 6.12. The van der Waals surface area contributed by atoms with Crippen molar-refractivity contribution in [2.24, 2.45) is 17.8 Å². The van der Waals surface area contributed by atoms with Crippen LogP contribution in [0.25, 0.3) is 0 Å². The van der Waals surface area contributed by atoms with Crippen molar-refractivity contribution in [3.63, 3.8) is 0 Å². The normalized spacial score (nSPS) is 31.7. The van der Waals surface area contributed by atoms with E-state index in [1.807, 2.05) is 0 Å². The van der Waals surface area contributed by atoms with Crippen molar-refractivity contribution >= 4 is 17.4 Å². The van der Waals surface area contributed by atoms with Crippen LogP contribution in [-0.2, 0) is 17.6 Å². The van der Waals surface area contributed by atoms with Gasteiger partial charge in [0.15, 0.2) is 11.0 Å². The number of aromatic nitrogens is 2. The Balaban J connectivity index is 1.18. The average molecular weight is 391 g/mol. The molecule has 1 aromatic rings. The van der Waals surface area contributed by atoms with Gasteiger partial charge in [-0.3, -0.25) is 0 Å². The third-order valence-electron chi connectivity index (χ3n) is 7.27. The summed E-state index contributed by atoms with van der Waals surface area (Å²) in [7, 11) is 0. The molecule has 0 aromatic carbocycles. The van der Waals surface area contributed by atoms with Gasteiger partial charge in [-0.05, 0) is 74.7 Å².